The van der Waals surface area contributed by atoms with E-state index in [0.29, 0.717) is 6.04 Å². The molecule has 1 fully saturated rings. The fraction of sp³-hybridized carbons (Fsp3) is 0.533. The van der Waals surface area contributed by atoms with E-state index < -0.39 is 0 Å². The normalized spacial score (nSPS) is 18.5. The zero-order valence-corrected chi connectivity index (χ0v) is 13.3. The van der Waals surface area contributed by atoms with Crippen LogP contribution in [0, 0.1) is 4.77 Å². The Kier molecular flexibility index (Phi) is 4.15. The van der Waals surface area contributed by atoms with Crippen LogP contribution >= 0.6 is 23.8 Å². The van der Waals surface area contributed by atoms with E-state index in [-0.39, 0.29) is 0 Å². The Morgan fingerprint density at radius 3 is 2.80 bits per heavy atom. The number of nitrogens with zero attached hydrogens (tertiary/aromatic N) is 2. The van der Waals surface area contributed by atoms with Crippen LogP contribution in [0.1, 0.15) is 26.2 Å². The van der Waals surface area contributed by atoms with Crippen molar-refractivity contribution in [2.75, 3.05) is 13.1 Å². The molecule has 0 spiro atoms. The number of hydrogen-bond donors (Lipinski definition) is 1. The summed E-state index contributed by atoms with van der Waals surface area (Å²) in [5.41, 5.74) is 2.05. The molecule has 1 N–H and O–H groups in total. The van der Waals surface area contributed by atoms with E-state index in [4.69, 9.17) is 23.8 Å². The molecule has 0 aliphatic carbocycles. The number of fused-ring (bicyclic) bond motifs is 1. The Morgan fingerprint density at radius 1 is 1.30 bits per heavy atom. The fourth-order valence-electron chi connectivity index (χ4n) is 3.07. The summed E-state index contributed by atoms with van der Waals surface area (Å²) in [4.78, 5) is 5.80. The maximum atomic E-state index is 6.23. The van der Waals surface area contributed by atoms with Gasteiger partial charge in [-0.2, -0.15) is 0 Å². The van der Waals surface area contributed by atoms with Crippen LogP contribution in [-0.2, 0) is 6.54 Å². The van der Waals surface area contributed by atoms with Crippen molar-refractivity contribution in [2.45, 2.75) is 38.8 Å². The molecule has 1 saturated heterocycles. The summed E-state index contributed by atoms with van der Waals surface area (Å²) >= 11 is 11.7. The standard InChI is InChI=1S/C15H20ClN3S/c1-11(18-8-3-2-4-9-18)10-19-13-7-5-6-12(16)14(13)17-15(19)20/h5-7,11H,2-4,8-10H2,1H3,(H,17,20). The lowest BCUT2D eigenvalue weighted by atomic mass is 10.1. The van der Waals surface area contributed by atoms with Gasteiger partial charge in [0.25, 0.3) is 0 Å². The van der Waals surface area contributed by atoms with Crippen molar-refractivity contribution in [3.8, 4) is 0 Å². The summed E-state index contributed by atoms with van der Waals surface area (Å²) in [6.07, 6.45) is 4.00. The first-order chi connectivity index (χ1) is 9.66. The van der Waals surface area contributed by atoms with Crippen molar-refractivity contribution < 1.29 is 0 Å². The van der Waals surface area contributed by atoms with Gasteiger partial charge in [0, 0.05) is 12.6 Å². The number of halogens is 1. The molecule has 1 atom stereocenters. The van der Waals surface area contributed by atoms with Crippen molar-refractivity contribution in [2.24, 2.45) is 0 Å². The first kappa shape index (κ1) is 14.1. The average Bonchev–Trinajstić information content (AvgIpc) is 2.78. The van der Waals surface area contributed by atoms with Crippen LogP contribution in [0.15, 0.2) is 18.2 Å². The van der Waals surface area contributed by atoms with Crippen LogP contribution in [0.25, 0.3) is 11.0 Å². The van der Waals surface area contributed by atoms with Crippen LogP contribution in [-0.4, -0.2) is 33.6 Å². The number of imidazole rings is 1. The maximum Gasteiger partial charge on any atom is 0.178 e. The molecule has 2 aromatic rings. The van der Waals surface area contributed by atoms with Gasteiger partial charge in [0.1, 0.15) is 0 Å². The van der Waals surface area contributed by atoms with Crippen molar-refractivity contribution in [3.63, 3.8) is 0 Å². The maximum absolute atomic E-state index is 6.23. The third-order valence-corrected chi connectivity index (χ3v) is 4.86. The molecule has 1 aromatic carbocycles. The number of aromatic nitrogens is 2. The van der Waals surface area contributed by atoms with E-state index in [1.165, 1.54) is 32.4 Å². The van der Waals surface area contributed by atoms with Gasteiger partial charge in [-0.05, 0) is 57.2 Å². The van der Waals surface area contributed by atoms with E-state index in [1.54, 1.807) is 0 Å². The predicted octanol–water partition coefficient (Wildman–Crippen LogP) is 4.23. The van der Waals surface area contributed by atoms with E-state index >= 15 is 0 Å². The number of aromatic amines is 1. The number of likely N-dealkylation sites (tertiary alicyclic amines) is 1. The second-order valence-electron chi connectivity index (χ2n) is 5.62. The minimum Gasteiger partial charge on any atom is -0.329 e. The molecule has 1 aliphatic heterocycles. The monoisotopic (exact) mass is 309 g/mol. The van der Waals surface area contributed by atoms with Gasteiger partial charge < -0.3 is 9.55 Å². The lowest BCUT2D eigenvalue weighted by Crippen LogP contribution is -2.39. The molecule has 3 nitrogen and oxygen atoms in total. The number of hydrogen-bond acceptors (Lipinski definition) is 2. The highest BCUT2D eigenvalue weighted by Crippen LogP contribution is 2.23. The van der Waals surface area contributed by atoms with Crippen molar-refractivity contribution >= 4 is 34.9 Å². The van der Waals surface area contributed by atoms with Gasteiger partial charge in [-0.1, -0.05) is 24.1 Å². The minimum atomic E-state index is 0.500. The SMILES string of the molecule is CC(Cn1c(=S)[nH]c2c(Cl)cccc21)N1CCCCC1. The molecule has 0 bridgehead atoms. The average molecular weight is 310 g/mol. The van der Waals surface area contributed by atoms with Gasteiger partial charge in [-0.3, -0.25) is 4.90 Å². The number of piperidine rings is 1. The van der Waals surface area contributed by atoms with Gasteiger partial charge >= 0.3 is 0 Å². The van der Waals surface area contributed by atoms with Gasteiger partial charge in [0.2, 0.25) is 0 Å². The molecule has 20 heavy (non-hydrogen) atoms. The molecular formula is C15H20ClN3S. The Bertz CT molecular complexity index is 655. The number of H-pyrrole nitrogens is 1. The summed E-state index contributed by atoms with van der Waals surface area (Å²) in [6.45, 7) is 5.62. The van der Waals surface area contributed by atoms with Crippen LogP contribution in [0.5, 0.6) is 0 Å². The molecule has 0 saturated carbocycles. The largest absolute Gasteiger partial charge is 0.329 e. The fourth-order valence-corrected chi connectivity index (χ4v) is 3.56. The quantitative estimate of drug-likeness (QED) is 0.858. The lowest BCUT2D eigenvalue weighted by molar-refractivity contribution is 0.160. The zero-order valence-electron chi connectivity index (χ0n) is 11.7. The van der Waals surface area contributed by atoms with Gasteiger partial charge in [-0.25, -0.2) is 0 Å². The van der Waals surface area contributed by atoms with E-state index in [2.05, 4.69) is 27.4 Å². The van der Waals surface area contributed by atoms with Gasteiger partial charge in [0.05, 0.1) is 16.1 Å². The van der Waals surface area contributed by atoms with E-state index in [1.807, 2.05) is 12.1 Å². The molecule has 5 heteroatoms. The van der Waals surface area contributed by atoms with Crippen LogP contribution in [0.3, 0.4) is 0 Å². The van der Waals surface area contributed by atoms with Crippen LogP contribution in [0.2, 0.25) is 5.02 Å². The predicted molar refractivity (Wildman–Crippen MR) is 87.0 cm³/mol. The number of benzene rings is 1. The second-order valence-corrected chi connectivity index (χ2v) is 6.41. The summed E-state index contributed by atoms with van der Waals surface area (Å²) in [5.74, 6) is 0. The smallest absolute Gasteiger partial charge is 0.178 e. The first-order valence-corrected chi connectivity index (χ1v) is 8.06. The summed E-state index contributed by atoms with van der Waals surface area (Å²) < 4.78 is 2.94. The molecule has 2 heterocycles. The van der Waals surface area contributed by atoms with Crippen molar-refractivity contribution in [3.05, 3.63) is 28.0 Å². The third-order valence-electron chi connectivity index (χ3n) is 4.22. The summed E-state index contributed by atoms with van der Waals surface area (Å²) in [5, 5.41) is 0.734. The highest BCUT2D eigenvalue weighted by molar-refractivity contribution is 7.71. The Labute approximate surface area is 129 Å². The molecule has 3 rings (SSSR count). The lowest BCUT2D eigenvalue weighted by Gasteiger charge is -2.32. The first-order valence-electron chi connectivity index (χ1n) is 7.28. The van der Waals surface area contributed by atoms with Gasteiger partial charge in [-0.15, -0.1) is 0 Å². The van der Waals surface area contributed by atoms with Crippen LogP contribution in [0.4, 0.5) is 0 Å². The number of rotatable bonds is 3. The molecule has 1 aromatic heterocycles. The highest BCUT2D eigenvalue weighted by atomic mass is 35.5. The molecule has 108 valence electrons. The van der Waals surface area contributed by atoms with Crippen molar-refractivity contribution in [1.29, 1.82) is 0 Å². The van der Waals surface area contributed by atoms with Crippen molar-refractivity contribution in [1.82, 2.24) is 14.5 Å². The molecule has 1 aliphatic rings. The van der Waals surface area contributed by atoms with Crippen LogP contribution < -0.4 is 0 Å². The number of para-hydroxylation sites is 1. The Balaban J connectivity index is 1.88. The highest BCUT2D eigenvalue weighted by Gasteiger charge is 2.18. The second kappa shape index (κ2) is 5.88. The minimum absolute atomic E-state index is 0.500. The van der Waals surface area contributed by atoms with E-state index in [9.17, 15) is 0 Å². The zero-order chi connectivity index (χ0) is 14.1. The molecule has 0 amide bonds. The van der Waals surface area contributed by atoms with E-state index in [0.717, 1.165) is 27.4 Å². The number of nitrogens with one attached hydrogen (secondary N) is 1. The third kappa shape index (κ3) is 2.65. The molecular weight excluding hydrogens is 290 g/mol. The summed E-state index contributed by atoms with van der Waals surface area (Å²) in [7, 11) is 0. The topological polar surface area (TPSA) is 24.0 Å². The Morgan fingerprint density at radius 2 is 2.05 bits per heavy atom. The molecule has 0 radical (unpaired) electrons. The van der Waals surface area contributed by atoms with Gasteiger partial charge in [0.15, 0.2) is 4.77 Å². The summed E-state index contributed by atoms with van der Waals surface area (Å²) in [6, 6.07) is 6.46. The molecule has 1 unspecified atom stereocenters. The Hall–Kier alpha value is -0.840.